The molecule has 2 rings (SSSR count). The van der Waals surface area contributed by atoms with Gasteiger partial charge in [-0.1, -0.05) is 19.1 Å². The van der Waals surface area contributed by atoms with Crippen LogP contribution in [0, 0.1) is 0 Å². The summed E-state index contributed by atoms with van der Waals surface area (Å²) in [5, 5.41) is 3.36. The zero-order valence-electron chi connectivity index (χ0n) is 10.7. The van der Waals surface area contributed by atoms with Crippen LogP contribution in [0.2, 0.25) is 0 Å². The molecule has 0 aliphatic carbocycles. The van der Waals surface area contributed by atoms with Gasteiger partial charge in [-0.05, 0) is 30.0 Å². The molecule has 1 fully saturated rings. The number of nitrogens with one attached hydrogen (secondary N) is 1. The van der Waals surface area contributed by atoms with Crippen molar-refractivity contribution in [2.24, 2.45) is 0 Å². The van der Waals surface area contributed by atoms with Gasteiger partial charge in [0.2, 0.25) is 0 Å². The molecule has 0 bridgehead atoms. The summed E-state index contributed by atoms with van der Waals surface area (Å²) in [5.74, 6) is 0.985. The molecule has 3 nitrogen and oxygen atoms in total. The van der Waals surface area contributed by atoms with Crippen molar-refractivity contribution in [2.45, 2.75) is 25.9 Å². The lowest BCUT2D eigenvalue weighted by Gasteiger charge is -2.24. The fourth-order valence-electron chi connectivity index (χ4n) is 2.25. The fourth-order valence-corrected chi connectivity index (χ4v) is 2.25. The van der Waals surface area contributed by atoms with Crippen LogP contribution in [0.3, 0.4) is 0 Å². The summed E-state index contributed by atoms with van der Waals surface area (Å²) >= 11 is 0. The van der Waals surface area contributed by atoms with E-state index in [-0.39, 0.29) is 0 Å². The number of ether oxygens (including phenoxy) is 2. The van der Waals surface area contributed by atoms with Crippen LogP contribution in [0.15, 0.2) is 18.2 Å². The molecular weight excluding hydrogens is 214 g/mol. The quantitative estimate of drug-likeness (QED) is 0.863. The molecule has 94 valence electrons. The van der Waals surface area contributed by atoms with Crippen LogP contribution < -0.4 is 10.1 Å². The van der Waals surface area contributed by atoms with E-state index in [1.54, 1.807) is 7.11 Å². The first-order valence-electron chi connectivity index (χ1n) is 6.31. The molecule has 1 aliphatic rings. The Hall–Kier alpha value is -1.06. The molecule has 0 aromatic heterocycles. The summed E-state index contributed by atoms with van der Waals surface area (Å²) in [6, 6.07) is 6.43. The predicted octanol–water partition coefficient (Wildman–Crippen LogP) is 1.79. The average molecular weight is 235 g/mol. The molecule has 1 aromatic carbocycles. The minimum Gasteiger partial charge on any atom is -0.496 e. The lowest BCUT2D eigenvalue weighted by atomic mass is 10.0. The first-order chi connectivity index (χ1) is 8.33. The Morgan fingerprint density at radius 1 is 1.47 bits per heavy atom. The van der Waals surface area contributed by atoms with E-state index < -0.39 is 0 Å². The molecule has 1 heterocycles. The van der Waals surface area contributed by atoms with Crippen LogP contribution in [0.25, 0.3) is 0 Å². The zero-order chi connectivity index (χ0) is 12.1. The molecular formula is C14H21NO2. The van der Waals surface area contributed by atoms with Crippen LogP contribution >= 0.6 is 0 Å². The normalized spacial score (nSPS) is 20.2. The standard InChI is InChI=1S/C14H21NO2/c1-3-12-8-11(4-5-14(12)16-2)9-13-10-15-6-7-17-13/h4-5,8,13,15H,3,6-7,9-10H2,1-2H3/t13-/m1/s1. The highest BCUT2D eigenvalue weighted by Gasteiger charge is 2.14. The van der Waals surface area contributed by atoms with Gasteiger partial charge in [-0.25, -0.2) is 0 Å². The lowest BCUT2D eigenvalue weighted by Crippen LogP contribution is -2.39. The predicted molar refractivity (Wildman–Crippen MR) is 68.7 cm³/mol. The van der Waals surface area contributed by atoms with Crippen LogP contribution in [0.1, 0.15) is 18.1 Å². The van der Waals surface area contributed by atoms with E-state index in [0.717, 1.165) is 38.3 Å². The second-order valence-corrected chi connectivity index (χ2v) is 4.40. The molecule has 1 N–H and O–H groups in total. The van der Waals surface area contributed by atoms with Gasteiger partial charge in [0.05, 0.1) is 19.8 Å². The smallest absolute Gasteiger partial charge is 0.122 e. The van der Waals surface area contributed by atoms with Crippen LogP contribution in [-0.2, 0) is 17.6 Å². The van der Waals surface area contributed by atoms with Gasteiger partial charge < -0.3 is 14.8 Å². The summed E-state index contributed by atoms with van der Waals surface area (Å²) in [7, 11) is 1.72. The minimum absolute atomic E-state index is 0.307. The van der Waals surface area contributed by atoms with Crippen molar-refractivity contribution in [3.8, 4) is 5.75 Å². The largest absolute Gasteiger partial charge is 0.496 e. The number of morpholine rings is 1. The number of methoxy groups -OCH3 is 1. The van der Waals surface area contributed by atoms with E-state index in [1.165, 1.54) is 11.1 Å². The third kappa shape index (κ3) is 3.20. The van der Waals surface area contributed by atoms with Crippen molar-refractivity contribution >= 4 is 0 Å². The van der Waals surface area contributed by atoms with Gasteiger partial charge in [-0.2, -0.15) is 0 Å². The molecule has 1 aromatic rings. The number of aryl methyl sites for hydroxylation is 1. The van der Waals surface area contributed by atoms with E-state index in [9.17, 15) is 0 Å². The second kappa shape index (κ2) is 6.03. The molecule has 1 saturated heterocycles. The maximum atomic E-state index is 5.72. The van der Waals surface area contributed by atoms with Crippen LogP contribution in [0.5, 0.6) is 5.75 Å². The molecule has 0 unspecified atom stereocenters. The van der Waals surface area contributed by atoms with Crippen molar-refractivity contribution in [3.05, 3.63) is 29.3 Å². The summed E-state index contributed by atoms with van der Waals surface area (Å²) < 4.78 is 11.1. The maximum absolute atomic E-state index is 5.72. The van der Waals surface area contributed by atoms with Crippen molar-refractivity contribution in [2.75, 3.05) is 26.8 Å². The third-order valence-electron chi connectivity index (χ3n) is 3.19. The molecule has 1 aliphatic heterocycles. The zero-order valence-corrected chi connectivity index (χ0v) is 10.7. The van der Waals surface area contributed by atoms with Crippen molar-refractivity contribution in [3.63, 3.8) is 0 Å². The Labute approximate surface area is 103 Å². The SMILES string of the molecule is CCc1cc(C[C@@H]2CNCCO2)ccc1OC. The van der Waals surface area contributed by atoms with E-state index >= 15 is 0 Å². The minimum atomic E-state index is 0.307. The van der Waals surface area contributed by atoms with Crippen molar-refractivity contribution in [1.82, 2.24) is 5.32 Å². The average Bonchev–Trinajstić information content (AvgIpc) is 2.40. The van der Waals surface area contributed by atoms with Crippen molar-refractivity contribution in [1.29, 1.82) is 0 Å². The highest BCUT2D eigenvalue weighted by Crippen LogP contribution is 2.21. The molecule has 0 saturated carbocycles. The third-order valence-corrected chi connectivity index (χ3v) is 3.19. The Balaban J connectivity index is 2.05. The summed E-state index contributed by atoms with van der Waals surface area (Å²) in [5.41, 5.74) is 2.60. The van der Waals surface area contributed by atoms with Gasteiger partial charge >= 0.3 is 0 Å². The van der Waals surface area contributed by atoms with Crippen molar-refractivity contribution < 1.29 is 9.47 Å². The molecule has 0 spiro atoms. The number of hydrogen-bond donors (Lipinski definition) is 1. The van der Waals surface area contributed by atoms with Gasteiger partial charge in [0.1, 0.15) is 5.75 Å². The molecule has 17 heavy (non-hydrogen) atoms. The maximum Gasteiger partial charge on any atom is 0.122 e. The van der Waals surface area contributed by atoms with Crippen LogP contribution in [0.4, 0.5) is 0 Å². The lowest BCUT2D eigenvalue weighted by molar-refractivity contribution is 0.0292. The molecule has 1 atom stereocenters. The van der Waals surface area contributed by atoms with Gasteiger partial charge in [-0.15, -0.1) is 0 Å². The van der Waals surface area contributed by atoms with Gasteiger partial charge in [0, 0.05) is 13.1 Å². The van der Waals surface area contributed by atoms with E-state index in [0.29, 0.717) is 6.10 Å². The second-order valence-electron chi connectivity index (χ2n) is 4.40. The molecule has 0 amide bonds. The Morgan fingerprint density at radius 3 is 3.00 bits per heavy atom. The topological polar surface area (TPSA) is 30.5 Å². The Bertz CT molecular complexity index is 359. The van der Waals surface area contributed by atoms with E-state index in [1.807, 2.05) is 0 Å². The van der Waals surface area contributed by atoms with Gasteiger partial charge in [0.15, 0.2) is 0 Å². The highest BCUT2D eigenvalue weighted by atomic mass is 16.5. The summed E-state index contributed by atoms with van der Waals surface area (Å²) in [6.07, 6.45) is 2.28. The van der Waals surface area contributed by atoms with E-state index in [4.69, 9.17) is 9.47 Å². The first-order valence-corrected chi connectivity index (χ1v) is 6.31. The monoisotopic (exact) mass is 235 g/mol. The van der Waals surface area contributed by atoms with Crippen LogP contribution in [-0.4, -0.2) is 32.9 Å². The van der Waals surface area contributed by atoms with Gasteiger partial charge in [0.25, 0.3) is 0 Å². The summed E-state index contributed by atoms with van der Waals surface area (Å²) in [6.45, 7) is 4.90. The number of rotatable bonds is 4. The number of benzene rings is 1. The van der Waals surface area contributed by atoms with E-state index in [2.05, 4.69) is 30.4 Å². The molecule has 3 heteroatoms. The number of hydrogen-bond acceptors (Lipinski definition) is 3. The molecule has 0 radical (unpaired) electrons. The Kier molecular flexibility index (Phi) is 4.40. The highest BCUT2D eigenvalue weighted by molar-refractivity contribution is 5.37. The first kappa shape index (κ1) is 12.4. The Morgan fingerprint density at radius 2 is 2.35 bits per heavy atom. The fraction of sp³-hybridized carbons (Fsp3) is 0.571. The van der Waals surface area contributed by atoms with Gasteiger partial charge in [-0.3, -0.25) is 0 Å². The summed E-state index contributed by atoms with van der Waals surface area (Å²) in [4.78, 5) is 0.